The average molecular weight is 159 g/mol. The van der Waals surface area contributed by atoms with E-state index in [9.17, 15) is 4.79 Å². The number of hydrogen-bond donors (Lipinski definition) is 2. The lowest BCUT2D eigenvalue weighted by atomic mass is 10.3. The Labute approximate surface area is 65.4 Å². The van der Waals surface area contributed by atoms with Crippen molar-refractivity contribution >= 4 is 6.29 Å². The Morgan fingerprint density at radius 1 is 1.73 bits per heavy atom. The van der Waals surface area contributed by atoms with Crippen molar-refractivity contribution in [1.29, 1.82) is 0 Å². The molecule has 0 aromatic rings. The smallest absolute Gasteiger partial charge is 0.139 e. The lowest BCUT2D eigenvalue weighted by molar-refractivity contribution is -0.113. The van der Waals surface area contributed by atoms with Crippen LogP contribution in [0, 0.1) is 0 Å². The van der Waals surface area contributed by atoms with E-state index in [4.69, 9.17) is 10.2 Å². The largest absolute Gasteiger partial charge is 0.394 e. The molecule has 64 valence electrons. The molecule has 0 aromatic heterocycles. The van der Waals surface area contributed by atoms with Crippen molar-refractivity contribution in [3.63, 3.8) is 0 Å². The quantitative estimate of drug-likeness (QED) is 0.498. The van der Waals surface area contributed by atoms with E-state index in [2.05, 4.69) is 0 Å². The number of aliphatic hydroxyl groups excluding tert-OH is 2. The van der Waals surface area contributed by atoms with Gasteiger partial charge in [0.15, 0.2) is 0 Å². The summed E-state index contributed by atoms with van der Waals surface area (Å²) in [7, 11) is 0. The van der Waals surface area contributed by atoms with Crippen LogP contribution in [0.15, 0.2) is 0 Å². The summed E-state index contributed by atoms with van der Waals surface area (Å²) in [6, 6.07) is -0.424. The molecule has 11 heavy (non-hydrogen) atoms. The van der Waals surface area contributed by atoms with Crippen LogP contribution in [0.3, 0.4) is 0 Å². The highest BCUT2D eigenvalue weighted by atomic mass is 16.3. The Bertz CT molecular complexity index is 140. The molecule has 2 atom stereocenters. The maximum atomic E-state index is 10.3. The van der Waals surface area contributed by atoms with Gasteiger partial charge in [-0.2, -0.15) is 0 Å². The zero-order valence-electron chi connectivity index (χ0n) is 6.31. The van der Waals surface area contributed by atoms with Crippen LogP contribution in [-0.4, -0.2) is 53.2 Å². The number of aldehydes is 1. The first kappa shape index (κ1) is 8.64. The third-order valence-electron chi connectivity index (χ3n) is 2.01. The molecule has 0 radical (unpaired) electrons. The van der Waals surface area contributed by atoms with Gasteiger partial charge in [0.25, 0.3) is 0 Å². The number of carbonyl (C=O) groups excluding carboxylic acids is 1. The van der Waals surface area contributed by atoms with Gasteiger partial charge in [0.05, 0.1) is 18.8 Å². The van der Waals surface area contributed by atoms with Gasteiger partial charge in [0.2, 0.25) is 0 Å². The Hall–Kier alpha value is -0.450. The van der Waals surface area contributed by atoms with Crippen LogP contribution >= 0.6 is 0 Å². The predicted octanol–water partition coefficient (Wildman–Crippen LogP) is -1.39. The molecule has 0 aromatic carbocycles. The number of aliphatic hydroxyl groups is 2. The molecule has 1 aliphatic rings. The van der Waals surface area contributed by atoms with E-state index >= 15 is 0 Å². The Kier molecular flexibility index (Phi) is 2.99. The van der Waals surface area contributed by atoms with Crippen LogP contribution in [0.1, 0.15) is 6.42 Å². The summed E-state index contributed by atoms with van der Waals surface area (Å²) in [4.78, 5) is 12.1. The highest BCUT2D eigenvalue weighted by molar-refractivity contribution is 5.57. The molecule has 1 aliphatic heterocycles. The zero-order chi connectivity index (χ0) is 8.27. The van der Waals surface area contributed by atoms with E-state index in [-0.39, 0.29) is 12.7 Å². The molecule has 0 amide bonds. The van der Waals surface area contributed by atoms with Crippen LogP contribution in [0.5, 0.6) is 0 Å². The van der Waals surface area contributed by atoms with Crippen molar-refractivity contribution < 1.29 is 15.0 Å². The zero-order valence-corrected chi connectivity index (χ0v) is 6.31. The minimum Gasteiger partial charge on any atom is -0.394 e. The Balaban J connectivity index is 2.40. The van der Waals surface area contributed by atoms with Gasteiger partial charge in [-0.25, -0.2) is 0 Å². The first-order valence-electron chi connectivity index (χ1n) is 3.76. The number of nitrogens with zero attached hydrogens (tertiary/aromatic N) is 1. The van der Waals surface area contributed by atoms with Crippen molar-refractivity contribution in [2.75, 3.05) is 19.7 Å². The fourth-order valence-electron chi connectivity index (χ4n) is 1.31. The second kappa shape index (κ2) is 3.80. The second-order valence-electron chi connectivity index (χ2n) is 2.82. The summed E-state index contributed by atoms with van der Waals surface area (Å²) in [5.41, 5.74) is 0. The minimum absolute atomic E-state index is 0.157. The third kappa shape index (κ3) is 1.99. The van der Waals surface area contributed by atoms with E-state index in [1.54, 1.807) is 4.90 Å². The van der Waals surface area contributed by atoms with Gasteiger partial charge >= 0.3 is 0 Å². The van der Waals surface area contributed by atoms with Gasteiger partial charge in [-0.1, -0.05) is 0 Å². The highest BCUT2D eigenvalue weighted by Crippen LogP contribution is 2.10. The van der Waals surface area contributed by atoms with Crippen molar-refractivity contribution in [3.8, 4) is 0 Å². The van der Waals surface area contributed by atoms with Crippen molar-refractivity contribution in [2.45, 2.75) is 18.6 Å². The van der Waals surface area contributed by atoms with Gasteiger partial charge in [-0.3, -0.25) is 4.90 Å². The molecule has 2 N–H and O–H groups in total. The standard InChI is InChI=1S/C7H13NO3/c9-4-6(5-10)8-2-1-7(11)3-8/h4,6-7,10-11H,1-3,5H2/t6-,7?/m1/s1. The first-order chi connectivity index (χ1) is 5.27. The van der Waals surface area contributed by atoms with Crippen LogP contribution in [0.4, 0.5) is 0 Å². The molecule has 0 aliphatic carbocycles. The number of rotatable bonds is 3. The van der Waals surface area contributed by atoms with Gasteiger partial charge in [0.1, 0.15) is 6.29 Å². The average Bonchev–Trinajstić information content (AvgIpc) is 2.39. The third-order valence-corrected chi connectivity index (χ3v) is 2.01. The summed E-state index contributed by atoms with van der Waals surface area (Å²) >= 11 is 0. The molecule has 4 heteroatoms. The Morgan fingerprint density at radius 2 is 2.45 bits per heavy atom. The van der Waals surface area contributed by atoms with Crippen LogP contribution in [0.25, 0.3) is 0 Å². The number of hydrogen-bond acceptors (Lipinski definition) is 4. The summed E-state index contributed by atoms with van der Waals surface area (Å²) in [5.74, 6) is 0. The summed E-state index contributed by atoms with van der Waals surface area (Å²) in [6.07, 6.45) is 1.09. The summed E-state index contributed by atoms with van der Waals surface area (Å²) < 4.78 is 0. The fourth-order valence-corrected chi connectivity index (χ4v) is 1.31. The van der Waals surface area contributed by atoms with Crippen molar-refractivity contribution in [1.82, 2.24) is 4.90 Å². The van der Waals surface area contributed by atoms with Gasteiger partial charge < -0.3 is 15.0 Å². The van der Waals surface area contributed by atoms with Crippen molar-refractivity contribution in [2.24, 2.45) is 0 Å². The lowest BCUT2D eigenvalue weighted by Crippen LogP contribution is -2.37. The molecule has 1 saturated heterocycles. The summed E-state index contributed by atoms with van der Waals surface area (Å²) in [6.45, 7) is 1.05. The van der Waals surface area contributed by atoms with Gasteiger partial charge in [-0.05, 0) is 6.42 Å². The normalized spacial score (nSPS) is 28.7. The monoisotopic (exact) mass is 159 g/mol. The molecule has 4 nitrogen and oxygen atoms in total. The molecule has 0 bridgehead atoms. The van der Waals surface area contributed by atoms with Crippen LogP contribution < -0.4 is 0 Å². The molecule has 1 heterocycles. The molecular formula is C7H13NO3. The van der Waals surface area contributed by atoms with E-state index in [0.29, 0.717) is 19.5 Å². The molecule has 1 rings (SSSR count). The number of likely N-dealkylation sites (tertiary alicyclic amines) is 1. The second-order valence-corrected chi connectivity index (χ2v) is 2.82. The topological polar surface area (TPSA) is 60.8 Å². The number of carbonyl (C=O) groups is 1. The van der Waals surface area contributed by atoms with Gasteiger partial charge in [0, 0.05) is 13.1 Å². The van der Waals surface area contributed by atoms with E-state index < -0.39 is 6.04 Å². The van der Waals surface area contributed by atoms with Crippen LogP contribution in [-0.2, 0) is 4.79 Å². The van der Waals surface area contributed by atoms with Crippen LogP contribution in [0.2, 0.25) is 0 Å². The van der Waals surface area contributed by atoms with Gasteiger partial charge in [-0.15, -0.1) is 0 Å². The maximum Gasteiger partial charge on any atom is 0.139 e. The minimum atomic E-state index is -0.424. The number of β-amino-alcohol motifs (C(OH)–C–C–N with tert-alkyl or cyclic N) is 1. The molecule has 1 unspecified atom stereocenters. The first-order valence-corrected chi connectivity index (χ1v) is 3.76. The van der Waals surface area contributed by atoms with E-state index in [1.807, 2.05) is 0 Å². The van der Waals surface area contributed by atoms with E-state index in [1.165, 1.54) is 0 Å². The van der Waals surface area contributed by atoms with Crippen molar-refractivity contribution in [3.05, 3.63) is 0 Å². The summed E-state index contributed by atoms with van der Waals surface area (Å²) in [5, 5.41) is 17.8. The molecule has 0 spiro atoms. The molecular weight excluding hydrogens is 146 g/mol. The lowest BCUT2D eigenvalue weighted by Gasteiger charge is -2.19. The predicted molar refractivity (Wildman–Crippen MR) is 39.1 cm³/mol. The fraction of sp³-hybridized carbons (Fsp3) is 0.857. The molecule has 0 saturated carbocycles. The Morgan fingerprint density at radius 3 is 2.82 bits per heavy atom. The van der Waals surface area contributed by atoms with E-state index in [0.717, 1.165) is 6.29 Å². The SMILES string of the molecule is O=C[C@H](CO)N1CCC(O)C1. The molecule has 1 fully saturated rings. The highest BCUT2D eigenvalue weighted by Gasteiger charge is 2.25. The maximum absolute atomic E-state index is 10.3.